The van der Waals surface area contributed by atoms with Crippen molar-refractivity contribution in [3.8, 4) is 11.5 Å². The first-order valence-corrected chi connectivity index (χ1v) is 11.4. The Bertz CT molecular complexity index is 982. The van der Waals surface area contributed by atoms with Crippen molar-refractivity contribution in [2.24, 2.45) is 35.5 Å². The number of hydrogen-bond donors (Lipinski definition) is 2. The van der Waals surface area contributed by atoms with E-state index in [1.54, 1.807) is 24.3 Å². The van der Waals surface area contributed by atoms with Crippen LogP contribution in [0.1, 0.15) is 46.4 Å². The van der Waals surface area contributed by atoms with Crippen LogP contribution in [0.3, 0.4) is 0 Å². The van der Waals surface area contributed by atoms with Gasteiger partial charge in [-0.25, -0.2) is 9.59 Å². The van der Waals surface area contributed by atoms with E-state index in [1.807, 2.05) is 0 Å². The van der Waals surface area contributed by atoms with Gasteiger partial charge in [0.2, 0.25) is 0 Å². The maximum Gasteiger partial charge on any atom is 0.338 e. The summed E-state index contributed by atoms with van der Waals surface area (Å²) < 4.78 is 11.2. The molecule has 3 fully saturated rings. The maximum absolute atomic E-state index is 12.3. The summed E-state index contributed by atoms with van der Waals surface area (Å²) in [6.45, 7) is 0.886. The molecule has 3 aliphatic rings. The minimum absolute atomic E-state index is 0.129. The van der Waals surface area contributed by atoms with Gasteiger partial charge in [-0.2, -0.15) is 0 Å². The molecule has 0 heterocycles. The summed E-state index contributed by atoms with van der Waals surface area (Å²) in [4.78, 5) is 24.6. The first-order valence-electron chi connectivity index (χ1n) is 11.4. The molecule has 2 bridgehead atoms. The molecule has 2 N–H and O–H groups in total. The first-order chi connectivity index (χ1) is 15.5. The van der Waals surface area contributed by atoms with Crippen molar-refractivity contribution >= 4 is 11.9 Å². The lowest BCUT2D eigenvalue weighted by molar-refractivity contribution is 0.0335. The van der Waals surface area contributed by atoms with Crippen LogP contribution in [0.15, 0.2) is 48.5 Å². The molecule has 2 aromatic carbocycles. The molecule has 0 amide bonds. The minimum atomic E-state index is -0.343. The number of ether oxygens (including phenoxy) is 2. The largest absolute Gasteiger partial charge is 0.508 e. The van der Waals surface area contributed by atoms with Crippen LogP contribution in [0.4, 0.5) is 0 Å². The molecular formula is C26H28O6. The molecule has 0 aromatic heterocycles. The number of carbonyl (C=O) groups excluding carboxylic acids is 2. The normalized spacial score (nSPS) is 30.1. The molecule has 3 aliphatic carbocycles. The predicted molar refractivity (Wildman–Crippen MR) is 116 cm³/mol. The molecule has 5 rings (SSSR count). The van der Waals surface area contributed by atoms with Crippen LogP contribution < -0.4 is 0 Å². The second-order valence-corrected chi connectivity index (χ2v) is 9.61. The summed E-state index contributed by atoms with van der Waals surface area (Å²) in [5, 5.41) is 18.7. The zero-order chi connectivity index (χ0) is 22.2. The van der Waals surface area contributed by atoms with Gasteiger partial charge >= 0.3 is 11.9 Å². The molecule has 6 nitrogen and oxygen atoms in total. The van der Waals surface area contributed by atoms with E-state index in [-0.39, 0.29) is 23.4 Å². The van der Waals surface area contributed by atoms with E-state index in [1.165, 1.54) is 30.7 Å². The van der Waals surface area contributed by atoms with Crippen LogP contribution in [-0.2, 0) is 9.47 Å². The van der Waals surface area contributed by atoms with Crippen molar-refractivity contribution in [1.82, 2.24) is 0 Å². The number of benzene rings is 2. The van der Waals surface area contributed by atoms with Gasteiger partial charge in [0.1, 0.15) is 11.5 Å². The fraction of sp³-hybridized carbons (Fsp3) is 0.462. The highest BCUT2D eigenvalue weighted by molar-refractivity contribution is 5.90. The molecule has 0 saturated heterocycles. The average Bonchev–Trinajstić information content (AvgIpc) is 3.48. The Morgan fingerprint density at radius 1 is 0.688 bits per heavy atom. The summed E-state index contributed by atoms with van der Waals surface area (Å²) >= 11 is 0. The Hall–Kier alpha value is -3.02. The molecule has 0 radical (unpaired) electrons. The molecule has 3 saturated carbocycles. The van der Waals surface area contributed by atoms with Crippen molar-refractivity contribution in [1.29, 1.82) is 0 Å². The molecule has 6 unspecified atom stereocenters. The van der Waals surface area contributed by atoms with Crippen molar-refractivity contribution < 1.29 is 29.3 Å². The lowest BCUT2D eigenvalue weighted by Gasteiger charge is -2.31. The van der Waals surface area contributed by atoms with E-state index in [2.05, 4.69) is 0 Å². The molecule has 0 aliphatic heterocycles. The number of hydrogen-bond acceptors (Lipinski definition) is 6. The van der Waals surface area contributed by atoms with Crippen LogP contribution in [0.5, 0.6) is 11.5 Å². The Balaban J connectivity index is 1.11. The summed E-state index contributed by atoms with van der Waals surface area (Å²) in [5.74, 6) is 2.95. The fourth-order valence-corrected chi connectivity index (χ4v) is 6.39. The van der Waals surface area contributed by atoms with Crippen LogP contribution in [0.2, 0.25) is 0 Å². The van der Waals surface area contributed by atoms with Gasteiger partial charge in [-0.1, -0.05) is 0 Å². The second-order valence-electron chi connectivity index (χ2n) is 9.61. The smallest absolute Gasteiger partial charge is 0.338 e. The van der Waals surface area contributed by atoms with Crippen molar-refractivity contribution in [3.05, 3.63) is 59.7 Å². The number of phenols is 2. The highest BCUT2D eigenvalue weighted by atomic mass is 16.5. The van der Waals surface area contributed by atoms with Crippen LogP contribution in [-0.4, -0.2) is 35.4 Å². The van der Waals surface area contributed by atoms with E-state index in [0.717, 1.165) is 19.3 Å². The van der Waals surface area contributed by atoms with Gasteiger partial charge in [0.05, 0.1) is 24.3 Å². The monoisotopic (exact) mass is 436 g/mol. The molecule has 0 spiro atoms. The molecule has 6 heteroatoms. The average molecular weight is 437 g/mol. The number of rotatable bonds is 6. The minimum Gasteiger partial charge on any atom is -0.508 e. The third-order valence-corrected chi connectivity index (χ3v) is 7.79. The van der Waals surface area contributed by atoms with Crippen molar-refractivity contribution in [2.45, 2.75) is 25.7 Å². The Kier molecular flexibility index (Phi) is 5.53. The molecule has 32 heavy (non-hydrogen) atoms. The molecule has 2 aromatic rings. The number of phenolic OH excluding ortho intramolecular Hbond substituents is 2. The van der Waals surface area contributed by atoms with E-state index in [9.17, 15) is 19.8 Å². The standard InChI is InChI=1S/C26H28O6/c27-20-5-1-16(2-6-20)25(29)31-13-15-9-22-18-11-19(23(12-18)24(22)10-15)14-32-26(30)17-3-7-21(28)8-4-17/h1-8,15,18-19,22-24,27-28H,9-14H2. The topological polar surface area (TPSA) is 93.1 Å². The van der Waals surface area contributed by atoms with E-state index in [0.29, 0.717) is 59.8 Å². The first kappa shape index (κ1) is 20.9. The van der Waals surface area contributed by atoms with Crippen molar-refractivity contribution in [3.63, 3.8) is 0 Å². The summed E-state index contributed by atoms with van der Waals surface area (Å²) in [7, 11) is 0. The number of fused-ring (bicyclic) bond motifs is 5. The van der Waals surface area contributed by atoms with Crippen molar-refractivity contribution in [2.75, 3.05) is 13.2 Å². The zero-order valence-corrected chi connectivity index (χ0v) is 17.9. The fourth-order valence-electron chi connectivity index (χ4n) is 6.39. The SMILES string of the molecule is O=C(OCC1CC2C3CC(COC(=O)c4ccc(O)cc4)C(C3)C2C1)c1ccc(O)cc1. The van der Waals surface area contributed by atoms with Gasteiger partial charge in [0.25, 0.3) is 0 Å². The second kappa shape index (κ2) is 8.49. The summed E-state index contributed by atoms with van der Waals surface area (Å²) in [5.41, 5.74) is 0.914. The lowest BCUT2D eigenvalue weighted by atomic mass is 9.76. The predicted octanol–water partition coefficient (Wildman–Crippen LogP) is 4.41. The third kappa shape index (κ3) is 4.06. The molecule has 6 atom stereocenters. The highest BCUT2D eigenvalue weighted by Crippen LogP contribution is 2.62. The quantitative estimate of drug-likeness (QED) is 0.652. The number of carbonyl (C=O) groups is 2. The van der Waals surface area contributed by atoms with E-state index >= 15 is 0 Å². The van der Waals surface area contributed by atoms with Gasteiger partial charge in [-0.15, -0.1) is 0 Å². The lowest BCUT2D eigenvalue weighted by Crippen LogP contribution is -2.28. The Morgan fingerprint density at radius 2 is 1.22 bits per heavy atom. The van der Waals surface area contributed by atoms with Gasteiger partial charge in [-0.05, 0) is 110 Å². The molecular weight excluding hydrogens is 408 g/mol. The molecule has 168 valence electrons. The van der Waals surface area contributed by atoms with Crippen LogP contribution in [0, 0.1) is 35.5 Å². The Morgan fingerprint density at radius 3 is 1.81 bits per heavy atom. The summed E-state index contributed by atoms with van der Waals surface area (Å²) in [6, 6.07) is 12.3. The maximum atomic E-state index is 12.3. The van der Waals surface area contributed by atoms with Gasteiger partial charge in [-0.3, -0.25) is 0 Å². The number of aromatic hydroxyl groups is 2. The summed E-state index contributed by atoms with van der Waals surface area (Å²) in [6.07, 6.45) is 4.50. The zero-order valence-electron chi connectivity index (χ0n) is 17.9. The Labute approximate surface area is 187 Å². The third-order valence-electron chi connectivity index (χ3n) is 7.79. The van der Waals surface area contributed by atoms with Gasteiger partial charge in [0.15, 0.2) is 0 Å². The highest BCUT2D eigenvalue weighted by Gasteiger charge is 2.56. The van der Waals surface area contributed by atoms with E-state index in [4.69, 9.17) is 9.47 Å². The van der Waals surface area contributed by atoms with Gasteiger partial charge < -0.3 is 19.7 Å². The van der Waals surface area contributed by atoms with E-state index < -0.39 is 0 Å². The van der Waals surface area contributed by atoms with Crippen LogP contribution in [0.25, 0.3) is 0 Å². The van der Waals surface area contributed by atoms with Crippen LogP contribution >= 0.6 is 0 Å². The number of esters is 2. The van der Waals surface area contributed by atoms with Gasteiger partial charge in [0, 0.05) is 0 Å².